The van der Waals surface area contributed by atoms with Crippen molar-refractivity contribution >= 4 is 5.91 Å². The second-order valence-corrected chi connectivity index (χ2v) is 8.98. The summed E-state index contributed by atoms with van der Waals surface area (Å²) in [5.41, 5.74) is 0.687. The van der Waals surface area contributed by atoms with Crippen LogP contribution in [0.4, 0.5) is 0 Å². The van der Waals surface area contributed by atoms with Crippen molar-refractivity contribution in [2.75, 3.05) is 0 Å². The second kappa shape index (κ2) is 4.99. The van der Waals surface area contributed by atoms with E-state index in [4.69, 9.17) is 0 Å². The lowest BCUT2D eigenvalue weighted by Crippen LogP contribution is -2.55. The predicted molar refractivity (Wildman–Crippen MR) is 84.7 cm³/mol. The summed E-state index contributed by atoms with van der Waals surface area (Å²) in [5.74, 6) is 4.61. The van der Waals surface area contributed by atoms with Crippen LogP contribution in [0.25, 0.3) is 0 Å². The zero-order valence-corrected chi connectivity index (χ0v) is 13.7. The number of amides is 1. The average molecular weight is 289 g/mol. The van der Waals surface area contributed by atoms with Crippen LogP contribution in [0.5, 0.6) is 0 Å². The molecule has 21 heavy (non-hydrogen) atoms. The molecule has 0 aromatic rings. The van der Waals surface area contributed by atoms with Crippen LogP contribution < -0.4 is 5.32 Å². The van der Waals surface area contributed by atoms with E-state index >= 15 is 0 Å². The summed E-state index contributed by atoms with van der Waals surface area (Å²) in [6.07, 6.45) is 13.0. The third kappa shape index (κ3) is 2.24. The Morgan fingerprint density at radius 2 is 1.48 bits per heavy atom. The summed E-state index contributed by atoms with van der Waals surface area (Å²) in [6.45, 7) is 3.99. The van der Waals surface area contributed by atoms with Crippen LogP contribution in [0.3, 0.4) is 0 Å². The van der Waals surface area contributed by atoms with E-state index in [1.807, 2.05) is 13.8 Å². The van der Waals surface area contributed by atoms with Crippen molar-refractivity contribution in [3.63, 3.8) is 0 Å². The summed E-state index contributed by atoms with van der Waals surface area (Å²) in [7, 11) is 0. The molecular weight excluding hydrogens is 258 g/mol. The highest BCUT2D eigenvalue weighted by Crippen LogP contribution is 2.66. The molecule has 2 heteroatoms. The monoisotopic (exact) mass is 289 g/mol. The van der Waals surface area contributed by atoms with Gasteiger partial charge in [0.25, 0.3) is 0 Å². The van der Waals surface area contributed by atoms with E-state index in [2.05, 4.69) is 5.32 Å². The molecule has 0 aromatic heterocycles. The standard InChI is InChI=1S/C19H31NO/c1-12(2)18(21)20-17-3-5-19(6-4-17)15-8-13-7-14(10-15)11-16(19)9-13/h12-17H,3-11H2,1-2H3,(H,20,21). The maximum absolute atomic E-state index is 11.9. The highest BCUT2D eigenvalue weighted by molar-refractivity contribution is 5.78. The van der Waals surface area contributed by atoms with Crippen LogP contribution >= 0.6 is 0 Å². The Morgan fingerprint density at radius 3 is 1.95 bits per heavy atom. The molecule has 0 aliphatic heterocycles. The van der Waals surface area contributed by atoms with Crippen molar-refractivity contribution in [3.8, 4) is 0 Å². The number of carbonyl (C=O) groups excluding carboxylic acids is 1. The Balaban J connectivity index is 1.42. The zero-order valence-electron chi connectivity index (χ0n) is 13.7. The number of nitrogens with one attached hydrogen (secondary N) is 1. The molecule has 0 radical (unpaired) electrons. The topological polar surface area (TPSA) is 29.1 Å². The quantitative estimate of drug-likeness (QED) is 0.813. The van der Waals surface area contributed by atoms with Crippen LogP contribution in [0.2, 0.25) is 0 Å². The molecular formula is C19H31NO. The second-order valence-electron chi connectivity index (χ2n) is 8.98. The van der Waals surface area contributed by atoms with E-state index in [0.29, 0.717) is 11.5 Å². The lowest BCUT2D eigenvalue weighted by Gasteiger charge is -2.63. The molecule has 4 bridgehead atoms. The lowest BCUT2D eigenvalue weighted by molar-refractivity contribution is -0.134. The van der Waals surface area contributed by atoms with Gasteiger partial charge in [0.1, 0.15) is 0 Å². The molecule has 118 valence electrons. The number of rotatable bonds is 2. The van der Waals surface area contributed by atoms with Crippen LogP contribution in [0, 0.1) is 35.0 Å². The highest BCUT2D eigenvalue weighted by atomic mass is 16.1. The van der Waals surface area contributed by atoms with Crippen LogP contribution in [0.1, 0.15) is 71.6 Å². The van der Waals surface area contributed by atoms with Crippen LogP contribution in [-0.2, 0) is 4.79 Å². The summed E-state index contributed by atoms with van der Waals surface area (Å²) in [4.78, 5) is 11.9. The molecule has 5 fully saturated rings. The lowest BCUT2D eigenvalue weighted by atomic mass is 9.42. The predicted octanol–water partition coefficient (Wildman–Crippen LogP) is 4.14. The van der Waals surface area contributed by atoms with Gasteiger partial charge in [-0.25, -0.2) is 0 Å². The van der Waals surface area contributed by atoms with Gasteiger partial charge in [-0.15, -0.1) is 0 Å². The maximum Gasteiger partial charge on any atom is 0.222 e. The fourth-order valence-corrected chi connectivity index (χ4v) is 6.61. The maximum atomic E-state index is 11.9. The molecule has 5 aliphatic rings. The van der Waals surface area contributed by atoms with E-state index < -0.39 is 0 Å². The molecule has 5 aliphatic carbocycles. The first-order valence-electron chi connectivity index (χ1n) is 9.37. The van der Waals surface area contributed by atoms with Crippen molar-refractivity contribution in [3.05, 3.63) is 0 Å². The van der Waals surface area contributed by atoms with E-state index in [1.54, 1.807) is 6.42 Å². The van der Waals surface area contributed by atoms with Crippen molar-refractivity contribution in [2.45, 2.75) is 77.7 Å². The summed E-state index contributed by atoms with van der Waals surface area (Å²) < 4.78 is 0. The highest BCUT2D eigenvalue weighted by Gasteiger charge is 2.57. The first kappa shape index (κ1) is 14.1. The number of hydrogen-bond donors (Lipinski definition) is 1. The Labute approximate surface area is 129 Å². The zero-order chi connectivity index (χ0) is 14.6. The Morgan fingerprint density at radius 1 is 0.952 bits per heavy atom. The summed E-state index contributed by atoms with van der Waals surface area (Å²) >= 11 is 0. The van der Waals surface area contributed by atoms with Crippen molar-refractivity contribution in [1.29, 1.82) is 0 Å². The smallest absolute Gasteiger partial charge is 0.222 e. The molecule has 1 amide bonds. The first-order chi connectivity index (χ1) is 10.1. The summed E-state index contributed by atoms with van der Waals surface area (Å²) in [5, 5.41) is 3.28. The average Bonchev–Trinajstić information content (AvgIpc) is 2.45. The van der Waals surface area contributed by atoms with E-state index in [0.717, 1.165) is 23.7 Å². The van der Waals surface area contributed by atoms with Gasteiger partial charge in [0, 0.05) is 12.0 Å². The molecule has 1 N–H and O–H groups in total. The molecule has 2 nitrogen and oxygen atoms in total. The minimum absolute atomic E-state index is 0.127. The fraction of sp³-hybridized carbons (Fsp3) is 0.947. The van der Waals surface area contributed by atoms with Gasteiger partial charge >= 0.3 is 0 Å². The minimum Gasteiger partial charge on any atom is -0.353 e. The Kier molecular flexibility index (Phi) is 3.35. The molecule has 5 saturated carbocycles. The third-order valence-electron chi connectivity index (χ3n) is 7.55. The molecule has 0 saturated heterocycles. The van der Waals surface area contributed by atoms with Gasteiger partial charge in [-0.1, -0.05) is 13.8 Å². The third-order valence-corrected chi connectivity index (χ3v) is 7.55. The SMILES string of the molecule is CC(C)C(=O)NC1CCC2(CC1)C1CC3CC(C1)CC2C3. The van der Waals surface area contributed by atoms with Gasteiger partial charge in [0.15, 0.2) is 0 Å². The Hall–Kier alpha value is -0.530. The summed E-state index contributed by atoms with van der Waals surface area (Å²) in [6, 6.07) is 0.461. The van der Waals surface area contributed by atoms with E-state index in [-0.39, 0.29) is 11.8 Å². The van der Waals surface area contributed by atoms with Gasteiger partial charge in [-0.2, -0.15) is 0 Å². The number of carbonyl (C=O) groups is 1. The van der Waals surface area contributed by atoms with Gasteiger partial charge in [-0.05, 0) is 86.9 Å². The van der Waals surface area contributed by atoms with Crippen LogP contribution in [0.15, 0.2) is 0 Å². The molecule has 0 atom stereocenters. The first-order valence-corrected chi connectivity index (χ1v) is 9.37. The largest absolute Gasteiger partial charge is 0.353 e. The fourth-order valence-electron chi connectivity index (χ4n) is 6.61. The van der Waals surface area contributed by atoms with Crippen LogP contribution in [-0.4, -0.2) is 11.9 Å². The van der Waals surface area contributed by atoms with Crippen molar-refractivity contribution in [2.24, 2.45) is 35.0 Å². The molecule has 0 heterocycles. The van der Waals surface area contributed by atoms with Gasteiger partial charge in [-0.3, -0.25) is 4.79 Å². The molecule has 0 aromatic carbocycles. The molecule has 0 unspecified atom stereocenters. The Bertz CT molecular complexity index is 389. The van der Waals surface area contributed by atoms with E-state index in [1.165, 1.54) is 51.4 Å². The van der Waals surface area contributed by atoms with Crippen molar-refractivity contribution < 1.29 is 4.79 Å². The molecule has 1 spiro atoms. The molecule has 5 rings (SSSR count). The number of hydrogen-bond acceptors (Lipinski definition) is 1. The van der Waals surface area contributed by atoms with Gasteiger partial charge < -0.3 is 5.32 Å². The van der Waals surface area contributed by atoms with E-state index in [9.17, 15) is 4.79 Å². The minimum atomic E-state index is 0.127. The normalized spacial score (nSPS) is 48.0. The van der Waals surface area contributed by atoms with Gasteiger partial charge in [0.05, 0.1) is 0 Å². The van der Waals surface area contributed by atoms with Crippen molar-refractivity contribution in [1.82, 2.24) is 5.32 Å². The van der Waals surface area contributed by atoms with Gasteiger partial charge in [0.2, 0.25) is 5.91 Å².